The molecule has 0 fully saturated rings. The minimum Gasteiger partial charge on any atom is -0.493 e. The number of hydrogen-bond acceptors (Lipinski definition) is 5. The SMILES string of the molecule is COc1cc(NC(=O)c2cc(-c3ccc[nH]3)n[nH]2)cc(OC)c1OC. The monoisotopic (exact) mass is 342 g/mol. The quantitative estimate of drug-likeness (QED) is 0.639. The predicted molar refractivity (Wildman–Crippen MR) is 92.4 cm³/mol. The summed E-state index contributed by atoms with van der Waals surface area (Å²) in [7, 11) is 4.55. The Morgan fingerprint density at radius 2 is 1.80 bits per heavy atom. The number of methoxy groups -OCH3 is 3. The average molecular weight is 342 g/mol. The van der Waals surface area contributed by atoms with E-state index in [9.17, 15) is 4.79 Å². The van der Waals surface area contributed by atoms with Crippen LogP contribution in [0.4, 0.5) is 5.69 Å². The lowest BCUT2D eigenvalue weighted by Crippen LogP contribution is -2.12. The van der Waals surface area contributed by atoms with Gasteiger partial charge < -0.3 is 24.5 Å². The molecule has 2 heterocycles. The molecule has 0 unspecified atom stereocenters. The summed E-state index contributed by atoms with van der Waals surface area (Å²) in [4.78, 5) is 15.5. The Kier molecular flexibility index (Phi) is 4.60. The number of aromatic amines is 2. The van der Waals surface area contributed by atoms with Crippen LogP contribution in [-0.4, -0.2) is 42.4 Å². The van der Waals surface area contributed by atoms with Crippen LogP contribution in [0.2, 0.25) is 0 Å². The van der Waals surface area contributed by atoms with E-state index < -0.39 is 0 Å². The Bertz CT molecular complexity index is 846. The molecular formula is C17H18N4O4. The Hall–Kier alpha value is -3.42. The van der Waals surface area contributed by atoms with Gasteiger partial charge in [0.05, 0.1) is 27.0 Å². The van der Waals surface area contributed by atoms with E-state index >= 15 is 0 Å². The Labute approximate surface area is 144 Å². The summed E-state index contributed by atoms with van der Waals surface area (Å²) in [5.41, 5.74) is 2.32. The van der Waals surface area contributed by atoms with Crippen LogP contribution in [0.25, 0.3) is 11.4 Å². The second-order valence-electron chi connectivity index (χ2n) is 5.12. The maximum Gasteiger partial charge on any atom is 0.273 e. The molecule has 8 nitrogen and oxygen atoms in total. The number of hydrogen-bond donors (Lipinski definition) is 3. The first-order chi connectivity index (χ1) is 12.2. The molecule has 0 saturated carbocycles. The van der Waals surface area contributed by atoms with Gasteiger partial charge in [0.2, 0.25) is 5.75 Å². The summed E-state index contributed by atoms with van der Waals surface area (Å²) in [6.07, 6.45) is 1.79. The molecule has 8 heteroatoms. The second-order valence-corrected chi connectivity index (χ2v) is 5.12. The highest BCUT2D eigenvalue weighted by Gasteiger charge is 2.16. The lowest BCUT2D eigenvalue weighted by Gasteiger charge is -2.14. The molecule has 25 heavy (non-hydrogen) atoms. The van der Waals surface area contributed by atoms with Crippen molar-refractivity contribution in [1.29, 1.82) is 0 Å². The zero-order valence-corrected chi connectivity index (χ0v) is 14.0. The minimum absolute atomic E-state index is 0.332. The fourth-order valence-corrected chi connectivity index (χ4v) is 2.42. The standard InChI is InChI=1S/C17H18N4O4/c1-23-14-7-10(8-15(24-2)16(14)25-3)19-17(22)13-9-12(20-21-13)11-5-4-6-18-11/h4-9,18H,1-3H3,(H,19,22)(H,20,21). The molecule has 0 atom stereocenters. The number of carbonyl (C=O) groups is 1. The van der Waals surface area contributed by atoms with Crippen LogP contribution in [0.15, 0.2) is 36.5 Å². The molecule has 0 bridgehead atoms. The van der Waals surface area contributed by atoms with Crippen LogP contribution in [0, 0.1) is 0 Å². The molecule has 3 aromatic rings. The summed E-state index contributed by atoms with van der Waals surface area (Å²) < 4.78 is 15.8. The number of carbonyl (C=O) groups excluding carboxylic acids is 1. The molecule has 2 aromatic heterocycles. The molecule has 3 N–H and O–H groups in total. The van der Waals surface area contributed by atoms with Crippen LogP contribution in [0.1, 0.15) is 10.5 Å². The zero-order chi connectivity index (χ0) is 17.8. The maximum absolute atomic E-state index is 12.4. The van der Waals surface area contributed by atoms with E-state index in [1.165, 1.54) is 21.3 Å². The Morgan fingerprint density at radius 3 is 2.36 bits per heavy atom. The number of nitrogens with one attached hydrogen (secondary N) is 3. The van der Waals surface area contributed by atoms with Crippen molar-refractivity contribution in [3.63, 3.8) is 0 Å². The van der Waals surface area contributed by atoms with Crippen LogP contribution in [0.5, 0.6) is 17.2 Å². The van der Waals surface area contributed by atoms with Crippen molar-refractivity contribution in [2.24, 2.45) is 0 Å². The molecule has 1 amide bonds. The maximum atomic E-state index is 12.4. The van der Waals surface area contributed by atoms with Crippen molar-refractivity contribution < 1.29 is 19.0 Å². The third-order valence-corrected chi connectivity index (χ3v) is 3.62. The van der Waals surface area contributed by atoms with E-state index in [0.29, 0.717) is 34.3 Å². The van der Waals surface area contributed by atoms with E-state index in [2.05, 4.69) is 20.5 Å². The summed E-state index contributed by atoms with van der Waals surface area (Å²) in [5.74, 6) is 1.03. The number of aromatic nitrogens is 3. The van der Waals surface area contributed by atoms with Gasteiger partial charge in [0.25, 0.3) is 5.91 Å². The fraction of sp³-hybridized carbons (Fsp3) is 0.176. The van der Waals surface area contributed by atoms with Gasteiger partial charge in [-0.15, -0.1) is 0 Å². The fourth-order valence-electron chi connectivity index (χ4n) is 2.42. The lowest BCUT2D eigenvalue weighted by atomic mass is 10.2. The van der Waals surface area contributed by atoms with Crippen molar-refractivity contribution in [3.05, 3.63) is 42.2 Å². The van der Waals surface area contributed by atoms with E-state index in [4.69, 9.17) is 14.2 Å². The van der Waals surface area contributed by atoms with Crippen molar-refractivity contribution in [3.8, 4) is 28.6 Å². The summed E-state index contributed by atoms with van der Waals surface area (Å²) >= 11 is 0. The molecule has 130 valence electrons. The molecular weight excluding hydrogens is 324 g/mol. The molecule has 0 spiro atoms. The molecule has 0 radical (unpaired) electrons. The predicted octanol–water partition coefficient (Wildman–Crippen LogP) is 2.68. The van der Waals surface area contributed by atoms with Gasteiger partial charge in [0.1, 0.15) is 11.4 Å². The van der Waals surface area contributed by atoms with Gasteiger partial charge in [0.15, 0.2) is 11.5 Å². The largest absolute Gasteiger partial charge is 0.493 e. The highest BCUT2D eigenvalue weighted by molar-refractivity contribution is 6.03. The smallest absolute Gasteiger partial charge is 0.273 e. The van der Waals surface area contributed by atoms with E-state index in [0.717, 1.165) is 5.69 Å². The van der Waals surface area contributed by atoms with Crippen LogP contribution in [0.3, 0.4) is 0 Å². The van der Waals surface area contributed by atoms with Gasteiger partial charge in [-0.05, 0) is 18.2 Å². The number of ether oxygens (including phenoxy) is 3. The molecule has 0 aliphatic heterocycles. The first-order valence-corrected chi connectivity index (χ1v) is 7.46. The molecule has 0 aliphatic rings. The van der Waals surface area contributed by atoms with Crippen molar-refractivity contribution >= 4 is 11.6 Å². The second kappa shape index (κ2) is 7.00. The first kappa shape index (κ1) is 16.4. The molecule has 0 saturated heterocycles. The summed E-state index contributed by atoms with van der Waals surface area (Å²) in [5, 5.41) is 9.64. The van der Waals surface area contributed by atoms with E-state index in [1.807, 2.05) is 12.1 Å². The van der Waals surface area contributed by atoms with Gasteiger partial charge in [-0.1, -0.05) is 0 Å². The van der Waals surface area contributed by atoms with Gasteiger partial charge in [-0.25, -0.2) is 0 Å². The topological polar surface area (TPSA) is 101 Å². The molecule has 0 aliphatic carbocycles. The van der Waals surface area contributed by atoms with Gasteiger partial charge in [-0.3, -0.25) is 9.89 Å². The van der Waals surface area contributed by atoms with Crippen LogP contribution >= 0.6 is 0 Å². The number of nitrogens with zero attached hydrogens (tertiary/aromatic N) is 1. The minimum atomic E-state index is -0.334. The van der Waals surface area contributed by atoms with Crippen molar-refractivity contribution in [2.75, 3.05) is 26.6 Å². The third-order valence-electron chi connectivity index (χ3n) is 3.62. The first-order valence-electron chi connectivity index (χ1n) is 7.46. The molecule has 3 rings (SSSR count). The van der Waals surface area contributed by atoms with Crippen molar-refractivity contribution in [1.82, 2.24) is 15.2 Å². The van der Waals surface area contributed by atoms with E-state index in [-0.39, 0.29) is 5.91 Å². The van der Waals surface area contributed by atoms with Gasteiger partial charge in [0, 0.05) is 24.0 Å². The zero-order valence-electron chi connectivity index (χ0n) is 14.0. The lowest BCUT2D eigenvalue weighted by molar-refractivity contribution is 0.102. The normalized spacial score (nSPS) is 10.4. The van der Waals surface area contributed by atoms with Gasteiger partial charge in [-0.2, -0.15) is 5.10 Å². The number of rotatable bonds is 6. The van der Waals surface area contributed by atoms with Crippen LogP contribution < -0.4 is 19.5 Å². The van der Waals surface area contributed by atoms with Gasteiger partial charge >= 0.3 is 0 Å². The number of H-pyrrole nitrogens is 2. The highest BCUT2D eigenvalue weighted by atomic mass is 16.5. The highest BCUT2D eigenvalue weighted by Crippen LogP contribution is 2.40. The van der Waals surface area contributed by atoms with Crippen molar-refractivity contribution in [2.45, 2.75) is 0 Å². The Morgan fingerprint density at radius 1 is 1.08 bits per heavy atom. The number of anilines is 1. The Balaban J connectivity index is 1.83. The van der Waals surface area contributed by atoms with E-state index in [1.54, 1.807) is 24.4 Å². The number of benzene rings is 1. The number of amides is 1. The third kappa shape index (κ3) is 3.27. The molecule has 1 aromatic carbocycles. The van der Waals surface area contributed by atoms with Crippen LogP contribution in [-0.2, 0) is 0 Å². The average Bonchev–Trinajstić information content (AvgIpc) is 3.31. The summed E-state index contributed by atoms with van der Waals surface area (Å²) in [6, 6.07) is 8.71. The summed E-state index contributed by atoms with van der Waals surface area (Å²) in [6.45, 7) is 0.